The second-order valence-corrected chi connectivity index (χ2v) is 6.72. The maximum atomic E-state index is 12.5. The number of hydrogen-bond donors (Lipinski definition) is 1. The summed E-state index contributed by atoms with van der Waals surface area (Å²) in [4.78, 5) is 44.1. The van der Waals surface area contributed by atoms with Crippen LogP contribution >= 0.6 is 0 Å². The molecule has 1 unspecified atom stereocenters. The van der Waals surface area contributed by atoms with Crippen LogP contribution in [0.15, 0.2) is 48.7 Å². The molecular formula is C20H22N4O3. The number of nitrogens with one attached hydrogen (secondary N) is 1. The van der Waals surface area contributed by atoms with Crippen LogP contribution in [0.3, 0.4) is 0 Å². The average molecular weight is 366 g/mol. The van der Waals surface area contributed by atoms with Gasteiger partial charge in [-0.3, -0.25) is 14.4 Å². The first-order valence-electron chi connectivity index (χ1n) is 8.78. The van der Waals surface area contributed by atoms with Gasteiger partial charge in [-0.15, -0.1) is 0 Å². The Morgan fingerprint density at radius 1 is 1.11 bits per heavy atom. The van der Waals surface area contributed by atoms with Crippen LogP contribution in [-0.2, 0) is 4.79 Å². The topological polar surface area (TPSA) is 82.6 Å². The lowest BCUT2D eigenvalue weighted by atomic mass is 10.1. The van der Waals surface area contributed by atoms with Crippen molar-refractivity contribution in [3.8, 4) is 0 Å². The summed E-state index contributed by atoms with van der Waals surface area (Å²) in [6, 6.07) is 12.3. The number of anilines is 1. The minimum atomic E-state index is -0.263. The predicted octanol–water partition coefficient (Wildman–Crippen LogP) is 1.88. The van der Waals surface area contributed by atoms with E-state index in [-0.39, 0.29) is 23.6 Å². The minimum absolute atomic E-state index is 0.0564. The lowest BCUT2D eigenvalue weighted by molar-refractivity contribution is -0.119. The quantitative estimate of drug-likeness (QED) is 0.896. The number of nitrogens with zero attached hydrogens (tertiary/aromatic N) is 3. The molecular weight excluding hydrogens is 344 g/mol. The molecule has 7 nitrogen and oxygen atoms in total. The highest BCUT2D eigenvalue weighted by atomic mass is 16.2. The zero-order chi connectivity index (χ0) is 19.4. The Kier molecular flexibility index (Phi) is 5.49. The van der Waals surface area contributed by atoms with E-state index in [1.165, 1.54) is 11.1 Å². The highest BCUT2D eigenvalue weighted by Crippen LogP contribution is 2.20. The maximum Gasteiger partial charge on any atom is 0.271 e. The van der Waals surface area contributed by atoms with Gasteiger partial charge in [-0.25, -0.2) is 4.98 Å². The second kappa shape index (κ2) is 7.99. The van der Waals surface area contributed by atoms with Crippen molar-refractivity contribution in [3.05, 3.63) is 59.9 Å². The second-order valence-electron chi connectivity index (χ2n) is 6.72. The van der Waals surface area contributed by atoms with E-state index in [0.717, 1.165) is 0 Å². The molecule has 140 valence electrons. The average Bonchev–Trinajstić information content (AvgIpc) is 3.18. The molecule has 1 atom stereocenters. The first kappa shape index (κ1) is 18.6. The fourth-order valence-corrected chi connectivity index (χ4v) is 2.99. The summed E-state index contributed by atoms with van der Waals surface area (Å²) in [5, 5.41) is 2.81. The maximum absolute atomic E-state index is 12.5. The van der Waals surface area contributed by atoms with E-state index in [4.69, 9.17) is 0 Å². The predicted molar refractivity (Wildman–Crippen MR) is 101 cm³/mol. The van der Waals surface area contributed by atoms with Gasteiger partial charge in [-0.05, 0) is 30.7 Å². The number of benzene rings is 1. The molecule has 27 heavy (non-hydrogen) atoms. The van der Waals surface area contributed by atoms with E-state index in [1.54, 1.807) is 43.3 Å². The molecule has 1 aliphatic rings. The van der Waals surface area contributed by atoms with Crippen molar-refractivity contribution in [1.29, 1.82) is 0 Å². The van der Waals surface area contributed by atoms with E-state index < -0.39 is 0 Å². The summed E-state index contributed by atoms with van der Waals surface area (Å²) >= 11 is 0. The first-order chi connectivity index (χ1) is 13.0. The highest BCUT2D eigenvalue weighted by molar-refractivity contribution is 5.97. The molecule has 0 radical (unpaired) electrons. The lowest BCUT2D eigenvalue weighted by Crippen LogP contribution is -2.31. The summed E-state index contributed by atoms with van der Waals surface area (Å²) in [5.74, 6) is -0.662. The van der Waals surface area contributed by atoms with E-state index in [0.29, 0.717) is 36.5 Å². The molecule has 1 aromatic heterocycles. The van der Waals surface area contributed by atoms with Crippen LogP contribution in [0.5, 0.6) is 0 Å². The minimum Gasteiger partial charge on any atom is -0.343 e. The number of rotatable bonds is 4. The van der Waals surface area contributed by atoms with Gasteiger partial charge >= 0.3 is 0 Å². The Morgan fingerprint density at radius 3 is 2.48 bits per heavy atom. The third-order valence-corrected chi connectivity index (χ3v) is 4.52. The summed E-state index contributed by atoms with van der Waals surface area (Å²) in [7, 11) is 3.31. The lowest BCUT2D eigenvalue weighted by Gasteiger charge is -2.16. The van der Waals surface area contributed by atoms with Gasteiger partial charge in [0.15, 0.2) is 0 Å². The number of hydrogen-bond acceptors (Lipinski definition) is 4. The molecule has 0 saturated carbocycles. The van der Waals surface area contributed by atoms with Crippen LogP contribution in [0, 0.1) is 5.92 Å². The Bertz CT molecular complexity index is 834. The van der Waals surface area contributed by atoms with Crippen molar-refractivity contribution in [1.82, 2.24) is 14.8 Å². The van der Waals surface area contributed by atoms with Gasteiger partial charge in [0.1, 0.15) is 5.69 Å². The molecule has 7 heteroatoms. The highest BCUT2D eigenvalue weighted by Gasteiger charge is 2.31. The Labute approximate surface area is 158 Å². The summed E-state index contributed by atoms with van der Waals surface area (Å²) < 4.78 is 0. The van der Waals surface area contributed by atoms with Gasteiger partial charge in [-0.1, -0.05) is 18.2 Å². The first-order valence-corrected chi connectivity index (χ1v) is 8.78. The van der Waals surface area contributed by atoms with E-state index in [9.17, 15) is 14.4 Å². The van der Waals surface area contributed by atoms with Gasteiger partial charge in [0.05, 0.1) is 17.8 Å². The molecule has 0 aliphatic carbocycles. The van der Waals surface area contributed by atoms with Crippen LogP contribution in [-0.4, -0.2) is 59.7 Å². The largest absolute Gasteiger partial charge is 0.343 e. The number of carbonyl (C=O) groups is 3. The van der Waals surface area contributed by atoms with Crippen molar-refractivity contribution < 1.29 is 14.4 Å². The molecule has 1 saturated heterocycles. The Morgan fingerprint density at radius 2 is 1.85 bits per heavy atom. The molecule has 0 spiro atoms. The molecule has 1 fully saturated rings. The standard InChI is InChI=1S/C20H22N4O3/c1-23(2)20(27)17-9-8-16(12-21-17)22-18(25)15-10-11-24(13-15)19(26)14-6-4-3-5-7-14/h3-9,12,15H,10-11,13H2,1-2H3,(H,22,25). The molecule has 2 aromatic rings. The van der Waals surface area contributed by atoms with Crippen LogP contribution in [0.25, 0.3) is 0 Å². The molecule has 1 N–H and O–H groups in total. The Hall–Kier alpha value is -3.22. The summed E-state index contributed by atoms with van der Waals surface area (Å²) in [5.41, 5.74) is 1.48. The smallest absolute Gasteiger partial charge is 0.271 e. The molecule has 2 heterocycles. The van der Waals surface area contributed by atoms with Crippen molar-refractivity contribution in [2.75, 3.05) is 32.5 Å². The zero-order valence-electron chi connectivity index (χ0n) is 15.4. The third kappa shape index (κ3) is 4.31. The zero-order valence-corrected chi connectivity index (χ0v) is 15.4. The summed E-state index contributed by atoms with van der Waals surface area (Å²) in [6.07, 6.45) is 2.09. The molecule has 1 aromatic carbocycles. The Balaban J connectivity index is 1.58. The monoisotopic (exact) mass is 366 g/mol. The number of amides is 3. The molecule has 1 aliphatic heterocycles. The molecule has 3 rings (SSSR count). The van der Waals surface area contributed by atoms with Crippen LogP contribution in [0.1, 0.15) is 27.3 Å². The van der Waals surface area contributed by atoms with Crippen LogP contribution in [0.4, 0.5) is 5.69 Å². The molecule has 0 bridgehead atoms. The molecule has 3 amide bonds. The van der Waals surface area contributed by atoms with Crippen molar-refractivity contribution in [2.24, 2.45) is 5.92 Å². The SMILES string of the molecule is CN(C)C(=O)c1ccc(NC(=O)C2CCN(C(=O)c3ccccc3)C2)cn1. The van der Waals surface area contributed by atoms with Gasteiger partial charge in [0, 0.05) is 32.7 Å². The van der Waals surface area contributed by atoms with Gasteiger partial charge in [0.25, 0.3) is 11.8 Å². The van der Waals surface area contributed by atoms with E-state index in [1.807, 2.05) is 18.2 Å². The van der Waals surface area contributed by atoms with Gasteiger partial charge in [-0.2, -0.15) is 0 Å². The van der Waals surface area contributed by atoms with Gasteiger partial charge in [0.2, 0.25) is 5.91 Å². The van der Waals surface area contributed by atoms with Crippen molar-refractivity contribution in [2.45, 2.75) is 6.42 Å². The number of pyridine rings is 1. The van der Waals surface area contributed by atoms with Crippen LogP contribution in [0.2, 0.25) is 0 Å². The van der Waals surface area contributed by atoms with Crippen molar-refractivity contribution >= 4 is 23.4 Å². The van der Waals surface area contributed by atoms with E-state index in [2.05, 4.69) is 10.3 Å². The van der Waals surface area contributed by atoms with E-state index >= 15 is 0 Å². The third-order valence-electron chi connectivity index (χ3n) is 4.52. The fourth-order valence-electron chi connectivity index (χ4n) is 2.99. The number of likely N-dealkylation sites (tertiary alicyclic amines) is 1. The van der Waals surface area contributed by atoms with Crippen LogP contribution < -0.4 is 5.32 Å². The fraction of sp³-hybridized carbons (Fsp3) is 0.300. The van der Waals surface area contributed by atoms with Gasteiger partial charge < -0.3 is 15.1 Å². The van der Waals surface area contributed by atoms with Crippen molar-refractivity contribution in [3.63, 3.8) is 0 Å². The number of aromatic nitrogens is 1. The summed E-state index contributed by atoms with van der Waals surface area (Å²) in [6.45, 7) is 0.949. The normalized spacial score (nSPS) is 16.1. The number of carbonyl (C=O) groups excluding carboxylic acids is 3.